The van der Waals surface area contributed by atoms with E-state index in [2.05, 4.69) is 22.8 Å². The number of hydrogen-bond acceptors (Lipinski definition) is 2. The number of rotatable bonds is 7. The van der Waals surface area contributed by atoms with Gasteiger partial charge in [-0.1, -0.05) is 60.5 Å². The molecule has 1 aliphatic rings. The van der Waals surface area contributed by atoms with Crippen molar-refractivity contribution < 1.29 is 9.59 Å². The average molecular weight is 462 g/mol. The zero-order valence-electron chi connectivity index (χ0n) is 18.0. The summed E-state index contributed by atoms with van der Waals surface area (Å²) in [6.45, 7) is 4.30. The van der Waals surface area contributed by atoms with Gasteiger partial charge in [-0.2, -0.15) is 0 Å². The first-order chi connectivity index (χ1) is 14.9. The number of carbonyl (C=O) groups excluding carboxylic acids is 2. The van der Waals surface area contributed by atoms with Crippen molar-refractivity contribution in [1.29, 1.82) is 0 Å². The summed E-state index contributed by atoms with van der Waals surface area (Å²) in [5.74, 6) is -0.0522. The Hall–Kier alpha value is -2.24. The number of nitrogens with one attached hydrogen (secondary N) is 2. The number of urea groups is 1. The molecule has 3 amide bonds. The molecule has 7 heteroatoms. The molecule has 0 saturated heterocycles. The minimum absolute atomic E-state index is 0.0267. The van der Waals surface area contributed by atoms with Crippen molar-refractivity contribution in [3.63, 3.8) is 0 Å². The number of aryl methyl sites for hydroxylation is 1. The molecule has 2 aromatic carbocycles. The molecule has 2 aromatic rings. The number of carbonyl (C=O) groups is 2. The molecule has 2 atom stereocenters. The maximum Gasteiger partial charge on any atom is 0.322 e. The zero-order valence-corrected chi connectivity index (χ0v) is 19.5. The minimum Gasteiger partial charge on any atom is -0.349 e. The first kappa shape index (κ1) is 23.4. The lowest BCUT2D eigenvalue weighted by atomic mass is 9.87. The van der Waals surface area contributed by atoms with Crippen LogP contribution in [0.3, 0.4) is 0 Å². The third-order valence-electron chi connectivity index (χ3n) is 5.86. The van der Waals surface area contributed by atoms with Crippen molar-refractivity contribution in [2.45, 2.75) is 58.0 Å². The molecule has 166 valence electrons. The van der Waals surface area contributed by atoms with Crippen LogP contribution in [-0.4, -0.2) is 29.4 Å². The van der Waals surface area contributed by atoms with E-state index in [1.54, 1.807) is 23.1 Å². The highest BCUT2D eigenvalue weighted by Gasteiger charge is 2.24. The maximum absolute atomic E-state index is 12.9. The molecule has 0 saturated carbocycles. The van der Waals surface area contributed by atoms with Crippen LogP contribution in [0.2, 0.25) is 10.0 Å². The highest BCUT2D eigenvalue weighted by Crippen LogP contribution is 2.30. The van der Waals surface area contributed by atoms with Crippen molar-refractivity contribution in [2.75, 3.05) is 11.9 Å². The van der Waals surface area contributed by atoms with Gasteiger partial charge in [0.15, 0.2) is 0 Å². The third-order valence-corrected chi connectivity index (χ3v) is 6.68. The average Bonchev–Trinajstić information content (AvgIpc) is 2.77. The molecular formula is C24H29Cl2N3O2. The Balaban J connectivity index is 1.62. The maximum atomic E-state index is 12.9. The predicted octanol–water partition coefficient (Wildman–Crippen LogP) is 6.21. The largest absolute Gasteiger partial charge is 0.349 e. The molecule has 0 aromatic heterocycles. The third kappa shape index (κ3) is 5.92. The first-order valence-electron chi connectivity index (χ1n) is 10.8. The quantitative estimate of drug-likeness (QED) is 0.514. The van der Waals surface area contributed by atoms with Gasteiger partial charge in [0.25, 0.3) is 0 Å². The van der Waals surface area contributed by atoms with Gasteiger partial charge < -0.3 is 15.5 Å². The van der Waals surface area contributed by atoms with Crippen molar-refractivity contribution >= 4 is 40.8 Å². The van der Waals surface area contributed by atoms with Crippen LogP contribution >= 0.6 is 23.2 Å². The second-order valence-electron chi connectivity index (χ2n) is 7.94. The van der Waals surface area contributed by atoms with Gasteiger partial charge in [-0.15, -0.1) is 0 Å². The number of nitrogens with zero attached hydrogens (tertiary/aromatic N) is 1. The van der Waals surface area contributed by atoms with Crippen molar-refractivity contribution in [3.8, 4) is 0 Å². The van der Waals surface area contributed by atoms with Gasteiger partial charge in [0.1, 0.15) is 0 Å². The van der Waals surface area contributed by atoms with Gasteiger partial charge in [0, 0.05) is 19.0 Å². The molecule has 0 heterocycles. The van der Waals surface area contributed by atoms with E-state index >= 15 is 0 Å². The molecule has 0 fully saturated rings. The van der Waals surface area contributed by atoms with Crippen molar-refractivity contribution in [3.05, 3.63) is 63.6 Å². The minimum atomic E-state index is -0.297. The second kappa shape index (κ2) is 10.9. The highest BCUT2D eigenvalue weighted by molar-refractivity contribution is 6.43. The lowest BCUT2D eigenvalue weighted by Crippen LogP contribution is -2.43. The molecular weight excluding hydrogens is 433 g/mol. The lowest BCUT2D eigenvalue weighted by molar-refractivity contribution is -0.122. The van der Waals surface area contributed by atoms with E-state index in [1.165, 1.54) is 11.1 Å². The summed E-state index contributed by atoms with van der Waals surface area (Å²) in [4.78, 5) is 27.3. The molecule has 2 N–H and O–H groups in total. The van der Waals surface area contributed by atoms with Crippen LogP contribution in [0.1, 0.15) is 56.7 Å². The summed E-state index contributed by atoms with van der Waals surface area (Å²) in [5, 5.41) is 6.66. The van der Waals surface area contributed by atoms with E-state index in [0.717, 1.165) is 25.7 Å². The fourth-order valence-corrected chi connectivity index (χ4v) is 4.27. The second-order valence-corrected chi connectivity index (χ2v) is 8.73. The molecule has 3 rings (SSSR count). The number of amides is 3. The summed E-state index contributed by atoms with van der Waals surface area (Å²) in [7, 11) is 0. The SMILES string of the molecule is CCC(C)N(CCC(=O)NC1CCCc2ccccc21)C(=O)Nc1cccc(Cl)c1Cl. The van der Waals surface area contributed by atoms with Gasteiger partial charge >= 0.3 is 6.03 Å². The Bertz CT molecular complexity index is 935. The summed E-state index contributed by atoms with van der Waals surface area (Å²) in [6.07, 6.45) is 4.06. The van der Waals surface area contributed by atoms with Gasteiger partial charge in [-0.25, -0.2) is 4.79 Å². The number of hydrogen-bond donors (Lipinski definition) is 2. The monoisotopic (exact) mass is 461 g/mol. The van der Waals surface area contributed by atoms with E-state index in [-0.39, 0.29) is 30.4 Å². The van der Waals surface area contributed by atoms with Gasteiger partial charge in [-0.3, -0.25) is 4.79 Å². The molecule has 0 bridgehead atoms. The summed E-state index contributed by atoms with van der Waals surface area (Å²) in [5.41, 5.74) is 2.96. The zero-order chi connectivity index (χ0) is 22.4. The van der Waals surface area contributed by atoms with Crippen molar-refractivity contribution in [1.82, 2.24) is 10.2 Å². The summed E-state index contributed by atoms with van der Waals surface area (Å²) >= 11 is 12.3. The van der Waals surface area contributed by atoms with Gasteiger partial charge in [0.2, 0.25) is 5.91 Å². The molecule has 0 radical (unpaired) electrons. The Morgan fingerprint density at radius 3 is 2.71 bits per heavy atom. The fourth-order valence-electron chi connectivity index (χ4n) is 3.92. The number of fused-ring (bicyclic) bond motifs is 1. The van der Waals surface area contributed by atoms with Crippen LogP contribution in [0.5, 0.6) is 0 Å². The van der Waals surface area contributed by atoms with Crippen LogP contribution < -0.4 is 10.6 Å². The molecule has 1 aliphatic carbocycles. The van der Waals surface area contributed by atoms with Crippen LogP contribution in [0.15, 0.2) is 42.5 Å². The number of benzene rings is 2. The Kier molecular flexibility index (Phi) is 8.22. The molecule has 0 aliphatic heterocycles. The predicted molar refractivity (Wildman–Crippen MR) is 127 cm³/mol. The Morgan fingerprint density at radius 2 is 1.94 bits per heavy atom. The highest BCUT2D eigenvalue weighted by atomic mass is 35.5. The molecule has 2 unspecified atom stereocenters. The van der Waals surface area contributed by atoms with Crippen molar-refractivity contribution in [2.24, 2.45) is 0 Å². The van der Waals surface area contributed by atoms with Crippen LogP contribution in [0.4, 0.5) is 10.5 Å². The van der Waals surface area contributed by atoms with E-state index in [0.29, 0.717) is 22.3 Å². The Morgan fingerprint density at radius 1 is 1.16 bits per heavy atom. The molecule has 5 nitrogen and oxygen atoms in total. The smallest absolute Gasteiger partial charge is 0.322 e. The van der Waals surface area contributed by atoms with Crippen LogP contribution in [-0.2, 0) is 11.2 Å². The normalized spacial score (nSPS) is 16.2. The molecule has 31 heavy (non-hydrogen) atoms. The fraction of sp³-hybridized carbons (Fsp3) is 0.417. The molecule has 0 spiro atoms. The van der Waals surface area contributed by atoms with Gasteiger partial charge in [-0.05, 0) is 55.9 Å². The van der Waals surface area contributed by atoms with E-state index in [4.69, 9.17) is 23.2 Å². The standard InChI is InChI=1S/C24H29Cl2N3O2/c1-3-16(2)29(24(31)28-21-13-7-11-19(25)23(21)26)15-14-22(30)27-20-12-6-9-17-8-4-5-10-18(17)20/h4-5,7-8,10-11,13,16,20H,3,6,9,12,14-15H2,1-2H3,(H,27,30)(H,28,31). The summed E-state index contributed by atoms with van der Waals surface area (Å²) in [6, 6.07) is 13.1. The summed E-state index contributed by atoms with van der Waals surface area (Å²) < 4.78 is 0. The van der Waals surface area contributed by atoms with Crippen LogP contribution in [0.25, 0.3) is 0 Å². The van der Waals surface area contributed by atoms with E-state index < -0.39 is 0 Å². The lowest BCUT2D eigenvalue weighted by Gasteiger charge is -2.30. The number of anilines is 1. The Labute approximate surface area is 194 Å². The van der Waals surface area contributed by atoms with E-state index in [9.17, 15) is 9.59 Å². The number of halogens is 2. The first-order valence-corrected chi connectivity index (χ1v) is 11.5. The topological polar surface area (TPSA) is 61.4 Å². The van der Waals surface area contributed by atoms with E-state index in [1.807, 2.05) is 26.0 Å². The van der Waals surface area contributed by atoms with Gasteiger partial charge in [0.05, 0.1) is 21.8 Å². The van der Waals surface area contributed by atoms with Crippen LogP contribution in [0, 0.1) is 0 Å².